The highest BCUT2D eigenvalue weighted by atomic mass is 16.6. The number of hydrogen-bond donors (Lipinski definition) is 1. The van der Waals surface area contributed by atoms with Crippen LogP contribution in [0, 0.1) is 11.8 Å². The SMILES string of the molecule is COCC1CCC(COC(C)O)CC1. The van der Waals surface area contributed by atoms with Crippen molar-refractivity contribution in [3.8, 4) is 0 Å². The van der Waals surface area contributed by atoms with Crippen LogP contribution in [-0.2, 0) is 9.47 Å². The summed E-state index contributed by atoms with van der Waals surface area (Å²) in [5.41, 5.74) is 0. The first-order chi connectivity index (χ1) is 6.72. The summed E-state index contributed by atoms with van der Waals surface area (Å²) in [6, 6.07) is 0. The summed E-state index contributed by atoms with van der Waals surface area (Å²) >= 11 is 0. The molecular weight excluding hydrogens is 180 g/mol. The zero-order chi connectivity index (χ0) is 10.4. The number of rotatable bonds is 5. The molecule has 84 valence electrons. The second kappa shape index (κ2) is 6.38. The van der Waals surface area contributed by atoms with Crippen LogP contribution in [0.4, 0.5) is 0 Å². The molecule has 1 N–H and O–H groups in total. The van der Waals surface area contributed by atoms with Crippen molar-refractivity contribution in [2.75, 3.05) is 20.3 Å². The van der Waals surface area contributed by atoms with Gasteiger partial charge in [-0.25, -0.2) is 0 Å². The summed E-state index contributed by atoms with van der Waals surface area (Å²) in [4.78, 5) is 0. The van der Waals surface area contributed by atoms with Gasteiger partial charge in [-0.2, -0.15) is 0 Å². The van der Waals surface area contributed by atoms with Crippen LogP contribution in [0.15, 0.2) is 0 Å². The summed E-state index contributed by atoms with van der Waals surface area (Å²) in [6.07, 6.45) is 4.27. The number of hydrogen-bond acceptors (Lipinski definition) is 3. The molecule has 1 unspecified atom stereocenters. The van der Waals surface area contributed by atoms with Gasteiger partial charge in [0.25, 0.3) is 0 Å². The van der Waals surface area contributed by atoms with Crippen molar-refractivity contribution >= 4 is 0 Å². The molecule has 0 radical (unpaired) electrons. The Morgan fingerprint density at radius 2 is 1.64 bits per heavy atom. The van der Waals surface area contributed by atoms with Crippen LogP contribution in [0.1, 0.15) is 32.6 Å². The second-order valence-corrected chi connectivity index (χ2v) is 4.27. The van der Waals surface area contributed by atoms with Crippen LogP contribution in [-0.4, -0.2) is 31.7 Å². The van der Waals surface area contributed by atoms with Crippen LogP contribution in [0.3, 0.4) is 0 Å². The van der Waals surface area contributed by atoms with E-state index < -0.39 is 6.29 Å². The Bertz CT molecular complexity index is 139. The summed E-state index contributed by atoms with van der Waals surface area (Å²) in [7, 11) is 1.77. The number of methoxy groups -OCH3 is 1. The van der Waals surface area contributed by atoms with E-state index in [9.17, 15) is 0 Å². The van der Waals surface area contributed by atoms with Crippen molar-refractivity contribution in [1.82, 2.24) is 0 Å². The van der Waals surface area contributed by atoms with Crippen LogP contribution < -0.4 is 0 Å². The smallest absolute Gasteiger partial charge is 0.151 e. The third kappa shape index (κ3) is 4.40. The van der Waals surface area contributed by atoms with E-state index in [1.54, 1.807) is 14.0 Å². The minimum Gasteiger partial charge on any atom is -0.384 e. The predicted molar refractivity (Wildman–Crippen MR) is 55.0 cm³/mol. The van der Waals surface area contributed by atoms with Crippen LogP contribution in [0.25, 0.3) is 0 Å². The van der Waals surface area contributed by atoms with Crippen molar-refractivity contribution in [1.29, 1.82) is 0 Å². The molecule has 1 saturated carbocycles. The Kier molecular flexibility index (Phi) is 5.45. The Balaban J connectivity index is 2.09. The van der Waals surface area contributed by atoms with Crippen molar-refractivity contribution in [3.05, 3.63) is 0 Å². The maximum Gasteiger partial charge on any atom is 0.151 e. The van der Waals surface area contributed by atoms with Gasteiger partial charge >= 0.3 is 0 Å². The molecule has 0 aliphatic heterocycles. The van der Waals surface area contributed by atoms with Crippen molar-refractivity contribution in [2.45, 2.75) is 38.9 Å². The molecule has 1 atom stereocenters. The molecule has 0 heterocycles. The predicted octanol–water partition coefficient (Wildman–Crippen LogP) is 1.79. The zero-order valence-electron chi connectivity index (χ0n) is 9.24. The third-order valence-corrected chi connectivity index (χ3v) is 2.94. The van der Waals surface area contributed by atoms with Crippen molar-refractivity contribution in [3.63, 3.8) is 0 Å². The molecule has 1 fully saturated rings. The zero-order valence-corrected chi connectivity index (χ0v) is 9.24. The van der Waals surface area contributed by atoms with Crippen LogP contribution >= 0.6 is 0 Å². The molecule has 0 aromatic rings. The molecular formula is C11H22O3. The lowest BCUT2D eigenvalue weighted by atomic mass is 9.83. The second-order valence-electron chi connectivity index (χ2n) is 4.27. The van der Waals surface area contributed by atoms with Gasteiger partial charge in [-0.1, -0.05) is 0 Å². The molecule has 14 heavy (non-hydrogen) atoms. The maximum atomic E-state index is 8.98. The molecule has 1 aliphatic carbocycles. The Hall–Kier alpha value is -0.120. The van der Waals surface area contributed by atoms with Gasteiger partial charge in [-0.15, -0.1) is 0 Å². The minimum atomic E-state index is -0.619. The van der Waals surface area contributed by atoms with Gasteiger partial charge in [0.1, 0.15) is 0 Å². The first-order valence-corrected chi connectivity index (χ1v) is 5.51. The molecule has 0 amide bonds. The topological polar surface area (TPSA) is 38.7 Å². The van der Waals surface area contributed by atoms with Gasteiger partial charge in [-0.3, -0.25) is 0 Å². The fraction of sp³-hybridized carbons (Fsp3) is 1.00. The monoisotopic (exact) mass is 202 g/mol. The summed E-state index contributed by atoms with van der Waals surface area (Å²) in [5, 5.41) is 8.98. The highest BCUT2D eigenvalue weighted by molar-refractivity contribution is 4.72. The van der Waals surface area contributed by atoms with Gasteiger partial charge in [-0.05, 0) is 44.4 Å². The molecule has 3 heteroatoms. The molecule has 0 spiro atoms. The van der Waals surface area contributed by atoms with E-state index in [2.05, 4.69) is 0 Å². The Morgan fingerprint density at radius 3 is 2.07 bits per heavy atom. The quantitative estimate of drug-likeness (QED) is 0.691. The van der Waals surface area contributed by atoms with Crippen LogP contribution in [0.5, 0.6) is 0 Å². The largest absolute Gasteiger partial charge is 0.384 e. The van der Waals surface area contributed by atoms with Gasteiger partial charge < -0.3 is 14.6 Å². The van der Waals surface area contributed by atoms with Gasteiger partial charge in [0.05, 0.1) is 6.61 Å². The summed E-state index contributed by atoms with van der Waals surface area (Å²) in [5.74, 6) is 1.38. The van der Waals surface area contributed by atoms with E-state index in [1.165, 1.54) is 25.7 Å². The maximum absolute atomic E-state index is 8.98. The van der Waals surface area contributed by atoms with E-state index in [0.29, 0.717) is 12.5 Å². The Morgan fingerprint density at radius 1 is 1.14 bits per heavy atom. The first kappa shape index (κ1) is 12.0. The number of ether oxygens (including phenoxy) is 2. The lowest BCUT2D eigenvalue weighted by Crippen LogP contribution is -2.23. The standard InChI is InChI=1S/C11H22O3/c1-9(12)14-8-11-5-3-10(4-6-11)7-13-2/h9-12H,3-8H2,1-2H3. The number of aliphatic hydroxyl groups is 1. The van der Waals surface area contributed by atoms with Gasteiger partial charge in [0, 0.05) is 13.7 Å². The van der Waals surface area contributed by atoms with E-state index in [-0.39, 0.29) is 0 Å². The average Bonchev–Trinajstić information content (AvgIpc) is 2.17. The highest BCUT2D eigenvalue weighted by Gasteiger charge is 2.21. The molecule has 1 rings (SSSR count). The molecule has 0 aromatic heterocycles. The fourth-order valence-electron chi connectivity index (χ4n) is 2.08. The van der Waals surface area contributed by atoms with Gasteiger partial charge in [0.2, 0.25) is 0 Å². The van der Waals surface area contributed by atoms with Crippen molar-refractivity contribution < 1.29 is 14.6 Å². The highest BCUT2D eigenvalue weighted by Crippen LogP contribution is 2.29. The van der Waals surface area contributed by atoms with E-state index in [4.69, 9.17) is 14.6 Å². The molecule has 3 nitrogen and oxygen atoms in total. The summed E-state index contributed by atoms with van der Waals surface area (Å²) in [6.45, 7) is 3.26. The van der Waals surface area contributed by atoms with Crippen molar-refractivity contribution in [2.24, 2.45) is 11.8 Å². The van der Waals surface area contributed by atoms with E-state index in [1.807, 2.05) is 0 Å². The van der Waals surface area contributed by atoms with Gasteiger partial charge in [0.15, 0.2) is 6.29 Å². The van der Waals surface area contributed by atoms with E-state index >= 15 is 0 Å². The lowest BCUT2D eigenvalue weighted by Gasteiger charge is -2.28. The fourth-order valence-corrected chi connectivity index (χ4v) is 2.08. The molecule has 0 bridgehead atoms. The lowest BCUT2D eigenvalue weighted by molar-refractivity contribution is -0.100. The third-order valence-electron chi connectivity index (χ3n) is 2.94. The molecule has 0 aromatic carbocycles. The summed E-state index contributed by atoms with van der Waals surface area (Å²) < 4.78 is 10.3. The van der Waals surface area contributed by atoms with Crippen LogP contribution in [0.2, 0.25) is 0 Å². The molecule has 1 aliphatic rings. The first-order valence-electron chi connectivity index (χ1n) is 5.51. The normalized spacial score (nSPS) is 30.2. The molecule has 0 saturated heterocycles. The van der Waals surface area contributed by atoms with E-state index in [0.717, 1.165) is 12.5 Å². The minimum absolute atomic E-state index is 0.619. The Labute approximate surface area is 86.4 Å². The average molecular weight is 202 g/mol. The number of aliphatic hydroxyl groups excluding tert-OH is 1.